The van der Waals surface area contributed by atoms with Gasteiger partial charge in [0, 0.05) is 7.11 Å². The Kier molecular flexibility index (Phi) is 10.5. The van der Waals surface area contributed by atoms with E-state index >= 15 is 0 Å². The molecule has 2 aromatic rings. The maximum atomic E-state index is 5.17. The third-order valence-electron chi connectivity index (χ3n) is 6.58. The molecule has 0 saturated heterocycles. The molecule has 170 valence electrons. The molecule has 3 rings (SSSR count). The van der Waals surface area contributed by atoms with Gasteiger partial charge < -0.3 is 4.74 Å². The third kappa shape index (κ3) is 8.63. The largest absolute Gasteiger partial charge is 0.380 e. The Bertz CT molecular complexity index is 846. The summed E-state index contributed by atoms with van der Waals surface area (Å²) >= 11 is 0. The van der Waals surface area contributed by atoms with Crippen molar-refractivity contribution in [3.63, 3.8) is 0 Å². The van der Waals surface area contributed by atoms with E-state index in [0.717, 1.165) is 31.1 Å². The van der Waals surface area contributed by atoms with Gasteiger partial charge in [0.25, 0.3) is 0 Å². The summed E-state index contributed by atoms with van der Waals surface area (Å²) in [5, 5.41) is 0. The minimum absolute atomic E-state index is 0.680. The lowest BCUT2D eigenvalue weighted by Gasteiger charge is -2.25. The first-order valence-corrected chi connectivity index (χ1v) is 12.3. The summed E-state index contributed by atoms with van der Waals surface area (Å²) in [7, 11) is 1.73. The quantitative estimate of drug-likeness (QED) is 0.329. The second-order valence-electron chi connectivity index (χ2n) is 9.16. The molecule has 0 spiro atoms. The van der Waals surface area contributed by atoms with Gasteiger partial charge in [-0.3, -0.25) is 0 Å². The highest BCUT2D eigenvalue weighted by atomic mass is 16.5. The fraction of sp³-hybridized carbons (Fsp3) is 0.419. The predicted octanol–water partition coefficient (Wildman–Crippen LogP) is 8.05. The van der Waals surface area contributed by atoms with E-state index in [-0.39, 0.29) is 0 Å². The van der Waals surface area contributed by atoms with Crippen molar-refractivity contribution in [3.8, 4) is 0 Å². The SMILES string of the molecule is CC=C[C@H]1CC[C@H](CC=CCc2ccc(CC=CCc3ccc(COC)cc3)cc2)CC1. The predicted molar refractivity (Wildman–Crippen MR) is 138 cm³/mol. The van der Waals surface area contributed by atoms with Crippen molar-refractivity contribution in [1.82, 2.24) is 0 Å². The molecular weight excluding hydrogens is 388 g/mol. The molecule has 0 aliphatic heterocycles. The lowest BCUT2D eigenvalue weighted by atomic mass is 9.80. The maximum absolute atomic E-state index is 5.17. The third-order valence-corrected chi connectivity index (χ3v) is 6.58. The molecular formula is C31H40O. The van der Waals surface area contributed by atoms with Crippen molar-refractivity contribution in [2.45, 2.75) is 64.9 Å². The van der Waals surface area contributed by atoms with Crippen LogP contribution in [0.15, 0.2) is 85.0 Å². The second kappa shape index (κ2) is 13.9. The number of ether oxygens (including phenoxy) is 1. The molecule has 32 heavy (non-hydrogen) atoms. The van der Waals surface area contributed by atoms with Crippen LogP contribution >= 0.6 is 0 Å². The highest BCUT2D eigenvalue weighted by Crippen LogP contribution is 2.31. The first kappa shape index (κ1) is 24.3. The Balaban J connectivity index is 1.34. The summed E-state index contributed by atoms with van der Waals surface area (Å²) < 4.78 is 5.17. The molecule has 0 heterocycles. The zero-order chi connectivity index (χ0) is 22.4. The Morgan fingerprint density at radius 3 is 1.62 bits per heavy atom. The molecule has 1 fully saturated rings. The first-order chi connectivity index (χ1) is 15.8. The van der Waals surface area contributed by atoms with Crippen molar-refractivity contribution in [2.75, 3.05) is 7.11 Å². The van der Waals surface area contributed by atoms with Gasteiger partial charge in [-0.1, -0.05) is 85.0 Å². The van der Waals surface area contributed by atoms with Crippen LogP contribution in [-0.2, 0) is 30.6 Å². The van der Waals surface area contributed by atoms with E-state index < -0.39 is 0 Å². The zero-order valence-electron chi connectivity index (χ0n) is 20.0. The van der Waals surface area contributed by atoms with Crippen LogP contribution < -0.4 is 0 Å². The van der Waals surface area contributed by atoms with Crippen LogP contribution in [0.3, 0.4) is 0 Å². The molecule has 0 unspecified atom stereocenters. The van der Waals surface area contributed by atoms with Gasteiger partial charge in [0.05, 0.1) is 6.61 Å². The van der Waals surface area contributed by atoms with E-state index in [1.165, 1.54) is 54.4 Å². The molecule has 1 aliphatic carbocycles. The molecule has 1 aliphatic rings. The molecule has 0 atom stereocenters. The molecule has 2 aromatic carbocycles. The number of hydrogen-bond acceptors (Lipinski definition) is 1. The van der Waals surface area contributed by atoms with Crippen LogP contribution in [0.5, 0.6) is 0 Å². The van der Waals surface area contributed by atoms with E-state index in [9.17, 15) is 0 Å². The molecule has 0 bridgehead atoms. The Hall–Kier alpha value is -2.38. The smallest absolute Gasteiger partial charge is 0.0713 e. The van der Waals surface area contributed by atoms with E-state index in [4.69, 9.17) is 4.74 Å². The van der Waals surface area contributed by atoms with Gasteiger partial charge in [0.1, 0.15) is 0 Å². The summed E-state index contributed by atoms with van der Waals surface area (Å²) in [5.41, 5.74) is 5.35. The summed E-state index contributed by atoms with van der Waals surface area (Å²) in [6.07, 6.45) is 23.7. The van der Waals surface area contributed by atoms with E-state index in [0.29, 0.717) is 6.61 Å². The summed E-state index contributed by atoms with van der Waals surface area (Å²) in [5.74, 6) is 1.73. The number of hydrogen-bond donors (Lipinski definition) is 0. The van der Waals surface area contributed by atoms with Gasteiger partial charge in [-0.2, -0.15) is 0 Å². The van der Waals surface area contributed by atoms with Gasteiger partial charge in [-0.05, 0) is 92.4 Å². The van der Waals surface area contributed by atoms with Crippen LogP contribution in [0.25, 0.3) is 0 Å². The van der Waals surface area contributed by atoms with Crippen molar-refractivity contribution in [3.05, 3.63) is 107 Å². The van der Waals surface area contributed by atoms with E-state index in [2.05, 4.69) is 91.9 Å². The second-order valence-corrected chi connectivity index (χ2v) is 9.16. The highest BCUT2D eigenvalue weighted by Gasteiger charge is 2.17. The van der Waals surface area contributed by atoms with Gasteiger partial charge in [0.2, 0.25) is 0 Å². The molecule has 0 N–H and O–H groups in total. The topological polar surface area (TPSA) is 9.23 Å². The van der Waals surface area contributed by atoms with Crippen LogP contribution in [-0.4, -0.2) is 7.11 Å². The Morgan fingerprint density at radius 1 is 0.688 bits per heavy atom. The van der Waals surface area contributed by atoms with Gasteiger partial charge in [-0.15, -0.1) is 0 Å². The molecule has 0 aromatic heterocycles. The maximum Gasteiger partial charge on any atom is 0.0713 e. The average molecular weight is 429 g/mol. The van der Waals surface area contributed by atoms with Crippen molar-refractivity contribution in [1.29, 1.82) is 0 Å². The van der Waals surface area contributed by atoms with Gasteiger partial charge >= 0.3 is 0 Å². The van der Waals surface area contributed by atoms with Crippen LogP contribution in [0.1, 0.15) is 61.3 Å². The number of methoxy groups -OCH3 is 1. The normalized spacial score (nSPS) is 19.4. The number of allylic oxidation sites excluding steroid dienone is 6. The van der Waals surface area contributed by atoms with Crippen molar-refractivity contribution < 1.29 is 4.74 Å². The van der Waals surface area contributed by atoms with Gasteiger partial charge in [0.15, 0.2) is 0 Å². The Labute approximate surface area is 195 Å². The van der Waals surface area contributed by atoms with Crippen LogP contribution in [0.4, 0.5) is 0 Å². The lowest BCUT2D eigenvalue weighted by Crippen LogP contribution is -2.12. The monoisotopic (exact) mass is 428 g/mol. The molecule has 1 saturated carbocycles. The fourth-order valence-corrected chi connectivity index (χ4v) is 4.59. The van der Waals surface area contributed by atoms with Crippen molar-refractivity contribution >= 4 is 0 Å². The summed E-state index contributed by atoms with van der Waals surface area (Å²) in [6.45, 7) is 2.82. The summed E-state index contributed by atoms with van der Waals surface area (Å²) in [6, 6.07) is 17.8. The Morgan fingerprint density at radius 2 is 1.16 bits per heavy atom. The van der Waals surface area contributed by atoms with Crippen LogP contribution in [0, 0.1) is 11.8 Å². The molecule has 0 amide bonds. The summed E-state index contributed by atoms with van der Waals surface area (Å²) in [4.78, 5) is 0. The van der Waals surface area contributed by atoms with Gasteiger partial charge in [-0.25, -0.2) is 0 Å². The standard InChI is InChI=1S/C31H40O/c1-3-8-26-13-15-27(16-14-26)9-4-5-10-28-17-19-29(20-18-28)11-6-7-12-30-21-23-31(24-22-30)25-32-2/h3-8,17-24,26-27H,9-16,25H2,1-2H3/t26-,27-. The minimum atomic E-state index is 0.680. The van der Waals surface area contributed by atoms with E-state index in [1.807, 2.05) is 0 Å². The molecule has 1 nitrogen and oxygen atoms in total. The van der Waals surface area contributed by atoms with Crippen LogP contribution in [0.2, 0.25) is 0 Å². The molecule has 1 heteroatoms. The van der Waals surface area contributed by atoms with Crippen molar-refractivity contribution in [2.24, 2.45) is 11.8 Å². The first-order valence-electron chi connectivity index (χ1n) is 12.3. The molecule has 0 radical (unpaired) electrons. The van der Waals surface area contributed by atoms with E-state index in [1.54, 1.807) is 7.11 Å². The lowest BCUT2D eigenvalue weighted by molar-refractivity contribution is 0.185. The minimum Gasteiger partial charge on any atom is -0.380 e. The highest BCUT2D eigenvalue weighted by molar-refractivity contribution is 5.27. The fourth-order valence-electron chi connectivity index (χ4n) is 4.59. The number of benzene rings is 2. The average Bonchev–Trinajstić information content (AvgIpc) is 2.83. The zero-order valence-corrected chi connectivity index (χ0v) is 20.0. The number of rotatable bonds is 11.